The second-order valence-corrected chi connectivity index (χ2v) is 4.15. The molecule has 0 atom stereocenters. The molecule has 1 amide bonds. The van der Waals surface area contributed by atoms with E-state index in [1.807, 2.05) is 0 Å². The minimum Gasteiger partial charge on any atom is -0.508 e. The Morgan fingerprint density at radius 2 is 1.71 bits per heavy atom. The molecule has 0 saturated carbocycles. The average molecular weight is 291 g/mol. The van der Waals surface area contributed by atoms with Gasteiger partial charge in [-0.15, -0.1) is 0 Å². The first-order valence-electron chi connectivity index (χ1n) is 5.74. The number of halogens is 1. The van der Waals surface area contributed by atoms with Crippen LogP contribution in [0.3, 0.4) is 0 Å². The number of aromatic carboxylic acids is 1. The van der Waals surface area contributed by atoms with Gasteiger partial charge in [-0.1, -0.05) is 0 Å². The molecule has 2 aromatic rings. The zero-order valence-corrected chi connectivity index (χ0v) is 10.5. The summed E-state index contributed by atoms with van der Waals surface area (Å²) in [7, 11) is 0. The zero-order valence-electron chi connectivity index (χ0n) is 10.5. The average Bonchev–Trinajstić information content (AvgIpc) is 2.43. The molecule has 0 radical (unpaired) electrons. The fourth-order valence-corrected chi connectivity index (χ4v) is 1.70. The van der Waals surface area contributed by atoms with E-state index in [1.165, 1.54) is 6.07 Å². The number of amides is 1. The Morgan fingerprint density at radius 3 is 2.38 bits per heavy atom. The van der Waals surface area contributed by atoms with Gasteiger partial charge in [0.05, 0.1) is 16.8 Å². The van der Waals surface area contributed by atoms with E-state index in [0.29, 0.717) is 0 Å². The van der Waals surface area contributed by atoms with Crippen molar-refractivity contribution in [3.05, 3.63) is 53.3 Å². The lowest BCUT2D eigenvalue weighted by Gasteiger charge is -2.10. The van der Waals surface area contributed by atoms with Gasteiger partial charge in [0, 0.05) is 0 Å². The number of carbonyl (C=O) groups excluding carboxylic acids is 1. The van der Waals surface area contributed by atoms with Gasteiger partial charge in [-0.2, -0.15) is 0 Å². The fourth-order valence-electron chi connectivity index (χ4n) is 1.70. The minimum absolute atomic E-state index is 0.128. The number of phenolic OH excluding ortho intramolecular Hbond substituents is 2. The van der Waals surface area contributed by atoms with Crippen molar-refractivity contribution in [3.63, 3.8) is 0 Å². The first-order chi connectivity index (χ1) is 9.88. The molecule has 21 heavy (non-hydrogen) atoms. The van der Waals surface area contributed by atoms with Crippen LogP contribution < -0.4 is 5.32 Å². The van der Waals surface area contributed by atoms with Crippen LogP contribution >= 0.6 is 0 Å². The molecule has 0 bridgehead atoms. The highest BCUT2D eigenvalue weighted by Gasteiger charge is 2.17. The number of benzene rings is 2. The van der Waals surface area contributed by atoms with E-state index in [2.05, 4.69) is 5.32 Å². The number of anilines is 1. The molecule has 0 fully saturated rings. The largest absolute Gasteiger partial charge is 0.508 e. The predicted molar refractivity (Wildman–Crippen MR) is 71.1 cm³/mol. The number of nitrogens with one attached hydrogen (secondary N) is 1. The summed E-state index contributed by atoms with van der Waals surface area (Å²) in [5, 5.41) is 30.1. The normalized spacial score (nSPS) is 10.1. The molecule has 0 spiro atoms. The van der Waals surface area contributed by atoms with E-state index in [0.717, 1.165) is 30.3 Å². The van der Waals surface area contributed by atoms with Crippen LogP contribution in [0, 0.1) is 5.82 Å². The standard InChI is InChI=1S/C14H10FNO5/c15-7-1-3-11(9(5-7)14(20)21)16-13(19)10-6-8(17)2-4-12(10)18/h1-6,17-18H,(H,16,19)(H,20,21). The summed E-state index contributed by atoms with van der Waals surface area (Å²) in [6.07, 6.45) is 0. The zero-order chi connectivity index (χ0) is 15.6. The van der Waals surface area contributed by atoms with Crippen molar-refractivity contribution in [2.45, 2.75) is 0 Å². The summed E-state index contributed by atoms with van der Waals surface area (Å²) in [6, 6.07) is 6.18. The molecule has 0 aliphatic rings. The van der Waals surface area contributed by atoms with Gasteiger partial charge in [0.1, 0.15) is 17.3 Å². The Hall–Kier alpha value is -3.09. The number of carboxylic acids is 1. The van der Waals surface area contributed by atoms with Crippen LogP contribution in [0.5, 0.6) is 11.5 Å². The van der Waals surface area contributed by atoms with Crippen LogP contribution in [0.25, 0.3) is 0 Å². The van der Waals surface area contributed by atoms with Gasteiger partial charge < -0.3 is 20.6 Å². The summed E-state index contributed by atoms with van der Waals surface area (Å²) in [6.45, 7) is 0. The lowest BCUT2D eigenvalue weighted by Crippen LogP contribution is -2.15. The molecule has 2 aromatic carbocycles. The molecular weight excluding hydrogens is 281 g/mol. The minimum atomic E-state index is -1.41. The number of hydrogen-bond acceptors (Lipinski definition) is 4. The SMILES string of the molecule is O=C(Nc1ccc(F)cc1C(=O)O)c1cc(O)ccc1O. The third-order valence-electron chi connectivity index (χ3n) is 2.68. The van der Waals surface area contributed by atoms with Gasteiger partial charge in [-0.05, 0) is 36.4 Å². The Morgan fingerprint density at radius 1 is 1.00 bits per heavy atom. The summed E-state index contributed by atoms with van der Waals surface area (Å²) in [5.41, 5.74) is -0.796. The van der Waals surface area contributed by atoms with Crippen LogP contribution in [0.15, 0.2) is 36.4 Å². The van der Waals surface area contributed by atoms with E-state index in [4.69, 9.17) is 5.11 Å². The topological polar surface area (TPSA) is 107 Å². The van der Waals surface area contributed by atoms with Gasteiger partial charge in [0.2, 0.25) is 0 Å². The lowest BCUT2D eigenvalue weighted by molar-refractivity contribution is 0.0697. The monoisotopic (exact) mass is 291 g/mol. The van der Waals surface area contributed by atoms with E-state index in [-0.39, 0.29) is 22.7 Å². The lowest BCUT2D eigenvalue weighted by atomic mass is 10.1. The summed E-state index contributed by atoms with van der Waals surface area (Å²) >= 11 is 0. The predicted octanol–water partition coefficient (Wildman–Crippen LogP) is 2.19. The third-order valence-corrected chi connectivity index (χ3v) is 2.68. The molecule has 6 nitrogen and oxygen atoms in total. The number of carboxylic acid groups (broad SMARTS) is 1. The molecule has 4 N–H and O–H groups in total. The molecule has 0 aliphatic carbocycles. The second kappa shape index (κ2) is 5.49. The summed E-state index contributed by atoms with van der Waals surface area (Å²) in [4.78, 5) is 23.0. The van der Waals surface area contributed by atoms with Crippen molar-refractivity contribution in [2.75, 3.05) is 5.32 Å². The smallest absolute Gasteiger partial charge is 0.337 e. The maximum absolute atomic E-state index is 13.0. The van der Waals surface area contributed by atoms with Gasteiger partial charge >= 0.3 is 5.97 Å². The van der Waals surface area contributed by atoms with Crippen molar-refractivity contribution < 1.29 is 29.3 Å². The number of phenols is 2. The molecule has 0 aliphatic heterocycles. The maximum Gasteiger partial charge on any atom is 0.337 e. The number of carbonyl (C=O) groups is 2. The van der Waals surface area contributed by atoms with Crippen LogP contribution in [0.1, 0.15) is 20.7 Å². The molecule has 0 heterocycles. The van der Waals surface area contributed by atoms with Crippen molar-refractivity contribution in [3.8, 4) is 11.5 Å². The first kappa shape index (κ1) is 14.3. The summed E-state index contributed by atoms with van der Waals surface area (Å²) in [5.74, 6) is -3.63. The Balaban J connectivity index is 2.36. The van der Waals surface area contributed by atoms with E-state index in [9.17, 15) is 24.2 Å². The van der Waals surface area contributed by atoms with Gasteiger partial charge in [0.15, 0.2) is 0 Å². The fraction of sp³-hybridized carbons (Fsp3) is 0. The Kier molecular flexibility index (Phi) is 3.75. The second-order valence-electron chi connectivity index (χ2n) is 4.15. The van der Waals surface area contributed by atoms with Crippen LogP contribution in [-0.4, -0.2) is 27.2 Å². The maximum atomic E-state index is 13.0. The Bertz CT molecular complexity index is 729. The number of rotatable bonds is 3. The van der Waals surface area contributed by atoms with E-state index < -0.39 is 23.3 Å². The van der Waals surface area contributed by atoms with Gasteiger partial charge in [-0.25, -0.2) is 9.18 Å². The third kappa shape index (κ3) is 3.08. The van der Waals surface area contributed by atoms with E-state index in [1.54, 1.807) is 0 Å². The molecule has 0 unspecified atom stereocenters. The molecule has 2 rings (SSSR count). The number of hydrogen-bond donors (Lipinski definition) is 4. The van der Waals surface area contributed by atoms with Crippen molar-refractivity contribution in [1.29, 1.82) is 0 Å². The highest BCUT2D eigenvalue weighted by Crippen LogP contribution is 2.24. The molecule has 0 aromatic heterocycles. The van der Waals surface area contributed by atoms with Crippen molar-refractivity contribution in [2.24, 2.45) is 0 Å². The number of aromatic hydroxyl groups is 2. The molecule has 7 heteroatoms. The van der Waals surface area contributed by atoms with Crippen LogP contribution in [-0.2, 0) is 0 Å². The highest BCUT2D eigenvalue weighted by atomic mass is 19.1. The highest BCUT2D eigenvalue weighted by molar-refractivity contribution is 6.09. The molecule has 108 valence electrons. The molecule has 0 saturated heterocycles. The quantitative estimate of drug-likeness (QED) is 0.648. The van der Waals surface area contributed by atoms with E-state index >= 15 is 0 Å². The Labute approximate surface area is 118 Å². The van der Waals surface area contributed by atoms with Crippen LogP contribution in [0.2, 0.25) is 0 Å². The van der Waals surface area contributed by atoms with Crippen molar-refractivity contribution in [1.82, 2.24) is 0 Å². The first-order valence-corrected chi connectivity index (χ1v) is 5.74. The van der Waals surface area contributed by atoms with Crippen LogP contribution in [0.4, 0.5) is 10.1 Å². The summed E-state index contributed by atoms with van der Waals surface area (Å²) < 4.78 is 13.0. The van der Waals surface area contributed by atoms with Gasteiger partial charge in [-0.3, -0.25) is 4.79 Å². The van der Waals surface area contributed by atoms with Crippen molar-refractivity contribution >= 4 is 17.6 Å². The molecular formula is C14H10FNO5. The van der Waals surface area contributed by atoms with Gasteiger partial charge in [0.25, 0.3) is 5.91 Å².